The van der Waals surface area contributed by atoms with Crippen molar-refractivity contribution in [2.75, 3.05) is 0 Å². The third kappa shape index (κ3) is 77.0. The fourth-order valence-corrected chi connectivity index (χ4v) is 0. The minimum Gasteiger partial charge on any atom is 0 e. The predicted molar refractivity (Wildman–Crippen MR) is 29.5 cm³/mol. The molecule has 0 heterocycles. The van der Waals surface area contributed by atoms with E-state index in [2.05, 4.69) is 0 Å². The van der Waals surface area contributed by atoms with Crippen LogP contribution in [0.15, 0.2) is 0 Å². The summed E-state index contributed by atoms with van der Waals surface area (Å²) in [6.07, 6.45) is 0. The van der Waals surface area contributed by atoms with Crippen molar-refractivity contribution in [3.8, 4) is 0 Å². The van der Waals surface area contributed by atoms with E-state index in [0.29, 0.717) is 22.5 Å². The molecule has 0 saturated heterocycles. The molecule has 11 heavy (non-hydrogen) atoms. The average molecular weight is 1110 g/mol. The molecule has 0 saturated carbocycles. The van der Waals surface area contributed by atoms with Crippen molar-refractivity contribution in [2.45, 2.75) is 0 Å². The Hall–Kier alpha value is 7.15. The van der Waals surface area contributed by atoms with E-state index >= 15 is 0 Å². The molecule has 1 nitrogen and oxygen atoms in total. The van der Waals surface area contributed by atoms with Crippen LogP contribution in [0, 0.1) is 0 Å². The van der Waals surface area contributed by atoms with Gasteiger partial charge in [0.25, 0.3) is 0 Å². The van der Waals surface area contributed by atoms with Crippen LogP contribution in [-0.2, 0) is 103 Å². The summed E-state index contributed by atoms with van der Waals surface area (Å²) in [5.74, 6) is 0. The molecule has 0 aliphatic heterocycles. The monoisotopic (exact) mass is 1110 g/mol. The second-order valence-electron chi connectivity index (χ2n) is 0. The summed E-state index contributed by atoms with van der Waals surface area (Å²) < 4.78 is 8.34. The van der Waals surface area contributed by atoms with Gasteiger partial charge in [-0.3, -0.25) is 0 Å². The molecule has 0 aliphatic carbocycles. The Kier molecular flexibility index (Phi) is 639. The molecular formula is AgBiCdCuFeInNiOSbSnTe. The molecule has 0 aliphatic rings. The van der Waals surface area contributed by atoms with Gasteiger partial charge in [-0.2, -0.15) is 0 Å². The largest absolute Gasteiger partial charge is 0 e. The van der Waals surface area contributed by atoms with Crippen LogP contribution in [-0.4, -0.2) is 123 Å². The van der Waals surface area contributed by atoms with Gasteiger partial charge in [0.15, 0.2) is 0 Å². The van der Waals surface area contributed by atoms with Gasteiger partial charge in [-0.1, -0.05) is 0 Å². The second-order valence-corrected chi connectivity index (χ2v) is 0. The molecule has 0 aromatic carbocycles. The molecule has 0 bridgehead atoms. The van der Waals surface area contributed by atoms with Crippen LogP contribution in [0.3, 0.4) is 0 Å². The van der Waals surface area contributed by atoms with E-state index in [-0.39, 0.29) is 200 Å². The summed E-state index contributed by atoms with van der Waals surface area (Å²) in [4.78, 5) is 0. The van der Waals surface area contributed by atoms with Gasteiger partial charge in [0.2, 0.25) is 0 Å². The molecule has 71 valence electrons. The van der Waals surface area contributed by atoms with E-state index < -0.39 is 0 Å². The van der Waals surface area contributed by atoms with Crippen molar-refractivity contribution in [1.82, 2.24) is 0 Å². The fraction of sp³-hybridized carbons (Fsp3) is 0. The van der Waals surface area contributed by atoms with Crippen molar-refractivity contribution in [3.05, 3.63) is 0 Å². The minimum absolute atomic E-state index is 0. The third-order valence-electron chi connectivity index (χ3n) is 0. The van der Waals surface area contributed by atoms with E-state index in [9.17, 15) is 0 Å². The Labute approximate surface area is 220 Å². The molecular weight excluding hydrogens is 1110 g/mol. The van der Waals surface area contributed by atoms with Gasteiger partial charge in [0, 0.05) is 200 Å². The molecule has 0 aromatic rings. The summed E-state index contributed by atoms with van der Waals surface area (Å²) in [5.41, 5.74) is 0. The van der Waals surface area contributed by atoms with Crippen molar-refractivity contribution in [1.29, 1.82) is 0 Å². The van der Waals surface area contributed by atoms with Gasteiger partial charge in [-0.25, -0.2) is 0 Å². The van der Waals surface area contributed by atoms with Crippen LogP contribution >= 0.6 is 0 Å². The zero-order valence-corrected chi connectivity index (χ0v) is 27.8. The predicted octanol–water partition coefficient (Wildman–Crippen LogP) is -2.04. The summed E-state index contributed by atoms with van der Waals surface area (Å²) in [6.45, 7) is 0. The Balaban J connectivity index is -0.000000000139. The molecule has 0 amide bonds. The molecule has 0 atom stereocenters. The van der Waals surface area contributed by atoms with E-state index in [1.807, 2.05) is 0 Å². The van der Waals surface area contributed by atoms with Crippen molar-refractivity contribution in [2.24, 2.45) is 0 Å². The van der Waals surface area contributed by atoms with Gasteiger partial charge in [-0.15, -0.1) is 0 Å². The molecule has 0 spiro atoms. The first-order valence-corrected chi connectivity index (χ1v) is 1.37. The van der Waals surface area contributed by atoms with E-state index in [1.165, 1.54) is 0 Å². The van der Waals surface area contributed by atoms with Crippen LogP contribution in [0.5, 0.6) is 0 Å². The Morgan fingerprint density at radius 3 is 1.09 bits per heavy atom. The Bertz CT molecular complexity index is 38.1. The zero-order valence-electron chi connectivity index (χ0n) is 4.77. The molecule has 15 radical (unpaired) electrons. The van der Waals surface area contributed by atoms with Gasteiger partial charge in [0.05, 0.1) is 0 Å². The summed E-state index contributed by atoms with van der Waals surface area (Å²) in [5, 5.41) is 0. The van der Waals surface area contributed by atoms with E-state index in [4.69, 9.17) is 3.08 Å². The van der Waals surface area contributed by atoms with Gasteiger partial charge >= 0.3 is 25.6 Å². The maximum absolute atomic E-state index is 8.34. The number of rotatable bonds is 0. The summed E-state index contributed by atoms with van der Waals surface area (Å²) in [6, 6.07) is 0. The van der Waals surface area contributed by atoms with Crippen LogP contribution in [0.2, 0.25) is 0 Å². The molecule has 0 aromatic heterocycles. The van der Waals surface area contributed by atoms with Gasteiger partial charge < -0.3 is 0 Å². The Morgan fingerprint density at radius 1 is 1.09 bits per heavy atom. The number of hydrogen-bond donors (Lipinski definition) is 0. The average Bonchev–Trinajstić information content (AvgIpc) is 1.00. The first-order chi connectivity index (χ1) is 1.00. The molecule has 11 heteroatoms. The van der Waals surface area contributed by atoms with Crippen LogP contribution in [0.4, 0.5) is 0 Å². The third-order valence-corrected chi connectivity index (χ3v) is 0. The maximum Gasteiger partial charge on any atom is 0 e. The standard InChI is InChI=1S/Ag.Bi.Cd.Cu.Fe.In.Ni.O.Sb.Sn.Te. The van der Waals surface area contributed by atoms with Crippen LogP contribution in [0.1, 0.15) is 0 Å². The minimum atomic E-state index is 0. The Morgan fingerprint density at radius 2 is 1.09 bits per heavy atom. The summed E-state index contributed by atoms with van der Waals surface area (Å²) >= 11 is 0.300. The number of hydrogen-bond acceptors (Lipinski definition) is 1. The first kappa shape index (κ1) is 80.3. The zero-order chi connectivity index (χ0) is 2.00. The molecule has 0 unspecified atom stereocenters. The maximum atomic E-state index is 8.34. The van der Waals surface area contributed by atoms with Crippen molar-refractivity contribution >= 4 is 123 Å². The molecule has 0 N–H and O–H groups in total. The second kappa shape index (κ2) is 87.5. The van der Waals surface area contributed by atoms with E-state index in [0.717, 1.165) is 0 Å². The normalized spacial score (nSPS) is 0.364. The fourth-order valence-electron chi connectivity index (χ4n) is 0. The van der Waals surface area contributed by atoms with Crippen molar-refractivity contribution in [3.63, 3.8) is 0 Å². The summed E-state index contributed by atoms with van der Waals surface area (Å²) in [7, 11) is 0. The van der Waals surface area contributed by atoms with Gasteiger partial charge in [0.1, 0.15) is 0 Å². The van der Waals surface area contributed by atoms with E-state index in [1.54, 1.807) is 0 Å². The topological polar surface area (TPSA) is 17.1 Å². The van der Waals surface area contributed by atoms with Crippen LogP contribution in [0.25, 0.3) is 0 Å². The quantitative estimate of drug-likeness (QED) is 0.257. The van der Waals surface area contributed by atoms with Crippen molar-refractivity contribution < 1.29 is 103 Å². The smallest absolute Gasteiger partial charge is 0 e. The first-order valence-electron chi connectivity index (χ1n) is 0.204. The molecule has 0 rings (SSSR count). The molecule has 0 fully saturated rings. The van der Waals surface area contributed by atoms with Gasteiger partial charge in [-0.05, 0) is 0 Å². The SMILES string of the molecule is [Ag].[Bi].[Cd].[Cu].[Fe].[In].[Ni].[O]=[Sn].[Sb].[Te]. The van der Waals surface area contributed by atoms with Crippen LogP contribution < -0.4 is 0 Å².